The molecule has 0 aromatic carbocycles. The smallest absolute Gasteiger partial charge is 0.190 e. The highest BCUT2D eigenvalue weighted by Gasteiger charge is 2.58. The van der Waals surface area contributed by atoms with Gasteiger partial charge in [0, 0.05) is 7.11 Å². The van der Waals surface area contributed by atoms with E-state index in [1.165, 1.54) is 0 Å². The van der Waals surface area contributed by atoms with E-state index < -0.39 is 17.9 Å². The van der Waals surface area contributed by atoms with Crippen molar-refractivity contribution in [2.45, 2.75) is 70.0 Å². The summed E-state index contributed by atoms with van der Waals surface area (Å²) in [4.78, 5) is 0. The summed E-state index contributed by atoms with van der Waals surface area (Å²) in [5.74, 6) is -1.21. The minimum atomic E-state index is -0.636. The highest BCUT2D eigenvalue weighted by Crippen LogP contribution is 2.41. The summed E-state index contributed by atoms with van der Waals surface area (Å²) in [5.41, 5.74) is 0. The van der Waals surface area contributed by atoms with Gasteiger partial charge in [-0.3, -0.25) is 0 Å². The second-order valence-corrected chi connectivity index (χ2v) is 6.14. The van der Waals surface area contributed by atoms with Crippen LogP contribution in [0.4, 0.5) is 0 Å². The Morgan fingerprint density at radius 3 is 2.26 bits per heavy atom. The fourth-order valence-electron chi connectivity index (χ4n) is 2.95. The highest BCUT2D eigenvalue weighted by atomic mass is 16.8. The minimum Gasteiger partial charge on any atom is -0.376 e. The third-order valence-electron chi connectivity index (χ3n) is 3.70. The number of methoxy groups -OCH3 is 1. The van der Waals surface area contributed by atoms with Crippen molar-refractivity contribution in [3.63, 3.8) is 0 Å². The van der Waals surface area contributed by atoms with E-state index in [1.54, 1.807) is 7.11 Å². The van der Waals surface area contributed by atoms with Crippen molar-refractivity contribution >= 4 is 0 Å². The van der Waals surface area contributed by atoms with Crippen molar-refractivity contribution in [3.05, 3.63) is 0 Å². The molecule has 0 N–H and O–H groups in total. The molecule has 5 atom stereocenters. The standard InChI is InChI=1S/C13H22O6/c1-12(2)15-6-7(17-12)8-9(14-5)10-11(16-8)19-13(3,4)18-10/h7-11H,6H2,1-5H3/t7-,8-,9-,10+,11-/m0/s1. The van der Waals surface area contributed by atoms with Gasteiger partial charge in [0.05, 0.1) is 6.61 Å². The van der Waals surface area contributed by atoms with Crippen LogP contribution in [0.2, 0.25) is 0 Å². The Morgan fingerprint density at radius 2 is 1.68 bits per heavy atom. The first kappa shape index (κ1) is 13.7. The quantitative estimate of drug-likeness (QED) is 0.749. The van der Waals surface area contributed by atoms with Gasteiger partial charge in [-0.1, -0.05) is 0 Å². The molecule has 19 heavy (non-hydrogen) atoms. The normalized spacial score (nSPS) is 47.5. The first-order valence-corrected chi connectivity index (χ1v) is 6.67. The lowest BCUT2D eigenvalue weighted by Crippen LogP contribution is -2.43. The van der Waals surface area contributed by atoms with Crippen molar-refractivity contribution in [1.82, 2.24) is 0 Å². The predicted octanol–water partition coefficient (Wildman–Crippen LogP) is 1.03. The van der Waals surface area contributed by atoms with Crippen LogP contribution < -0.4 is 0 Å². The molecule has 0 radical (unpaired) electrons. The minimum absolute atomic E-state index is 0.166. The molecule has 0 aromatic heterocycles. The summed E-state index contributed by atoms with van der Waals surface area (Å²) in [6.07, 6.45) is -1.25. The second-order valence-electron chi connectivity index (χ2n) is 6.14. The summed E-state index contributed by atoms with van der Waals surface area (Å²) >= 11 is 0. The zero-order valence-corrected chi connectivity index (χ0v) is 12.0. The third kappa shape index (κ3) is 2.41. The number of fused-ring (bicyclic) bond motifs is 1. The lowest BCUT2D eigenvalue weighted by Gasteiger charge is -2.28. The van der Waals surface area contributed by atoms with Crippen LogP contribution >= 0.6 is 0 Å². The predicted molar refractivity (Wildman–Crippen MR) is 64.4 cm³/mol. The second kappa shape index (κ2) is 4.38. The fraction of sp³-hybridized carbons (Fsp3) is 1.00. The Kier molecular flexibility index (Phi) is 3.16. The largest absolute Gasteiger partial charge is 0.376 e. The number of hydrogen-bond acceptors (Lipinski definition) is 6. The molecule has 0 spiro atoms. The molecule has 110 valence electrons. The first-order valence-electron chi connectivity index (χ1n) is 6.67. The SMILES string of the molecule is CO[C@H]1[C@H]([C@@H]2COC(C)(C)O2)O[C@H]2OC(C)(C)O[C@@H]21. The summed E-state index contributed by atoms with van der Waals surface area (Å²) in [6.45, 7) is 8.01. The van der Waals surface area contributed by atoms with Gasteiger partial charge < -0.3 is 28.4 Å². The van der Waals surface area contributed by atoms with E-state index in [0.29, 0.717) is 6.61 Å². The van der Waals surface area contributed by atoms with Gasteiger partial charge in [0.25, 0.3) is 0 Å². The first-order chi connectivity index (χ1) is 8.81. The van der Waals surface area contributed by atoms with Gasteiger partial charge in [-0.2, -0.15) is 0 Å². The number of rotatable bonds is 2. The molecule has 3 heterocycles. The van der Waals surface area contributed by atoms with Crippen LogP contribution in [0.25, 0.3) is 0 Å². The Balaban J connectivity index is 1.72. The molecule has 0 aromatic rings. The fourth-order valence-corrected chi connectivity index (χ4v) is 2.95. The van der Waals surface area contributed by atoms with Crippen LogP contribution in [0.3, 0.4) is 0 Å². The Labute approximate surface area is 113 Å². The van der Waals surface area contributed by atoms with Crippen LogP contribution in [-0.4, -0.2) is 56.0 Å². The molecule has 0 aliphatic carbocycles. The zero-order valence-electron chi connectivity index (χ0n) is 12.0. The molecule has 3 aliphatic rings. The molecule has 0 bridgehead atoms. The summed E-state index contributed by atoms with van der Waals surface area (Å²) < 4.78 is 34.5. The monoisotopic (exact) mass is 274 g/mol. The summed E-state index contributed by atoms with van der Waals surface area (Å²) in [5, 5.41) is 0. The van der Waals surface area contributed by atoms with Gasteiger partial charge in [-0.15, -0.1) is 0 Å². The Bertz CT molecular complexity index is 355. The van der Waals surface area contributed by atoms with Crippen LogP contribution in [0.1, 0.15) is 27.7 Å². The molecule has 0 saturated carbocycles. The third-order valence-corrected chi connectivity index (χ3v) is 3.70. The molecule has 3 saturated heterocycles. The van der Waals surface area contributed by atoms with E-state index in [1.807, 2.05) is 27.7 Å². The van der Waals surface area contributed by atoms with Crippen LogP contribution in [-0.2, 0) is 28.4 Å². The lowest BCUT2D eigenvalue weighted by molar-refractivity contribution is -0.234. The lowest BCUT2D eigenvalue weighted by atomic mass is 10.1. The number of hydrogen-bond donors (Lipinski definition) is 0. The van der Waals surface area contributed by atoms with E-state index in [9.17, 15) is 0 Å². The summed E-state index contributed by atoms with van der Waals surface area (Å²) in [7, 11) is 1.65. The van der Waals surface area contributed by atoms with E-state index in [0.717, 1.165) is 0 Å². The van der Waals surface area contributed by atoms with Crippen molar-refractivity contribution in [1.29, 1.82) is 0 Å². The zero-order chi connectivity index (χ0) is 13.8. The Hall–Kier alpha value is -0.240. The molecule has 3 fully saturated rings. The van der Waals surface area contributed by atoms with Crippen molar-refractivity contribution in [2.24, 2.45) is 0 Å². The van der Waals surface area contributed by atoms with Gasteiger partial charge in [0.1, 0.15) is 24.4 Å². The average molecular weight is 274 g/mol. The van der Waals surface area contributed by atoms with Crippen molar-refractivity contribution < 1.29 is 28.4 Å². The molecule has 6 heteroatoms. The topological polar surface area (TPSA) is 55.4 Å². The maximum absolute atomic E-state index is 5.92. The molecule has 3 rings (SSSR count). The van der Waals surface area contributed by atoms with E-state index in [2.05, 4.69) is 0 Å². The van der Waals surface area contributed by atoms with E-state index in [4.69, 9.17) is 28.4 Å². The molecule has 6 nitrogen and oxygen atoms in total. The molecular weight excluding hydrogens is 252 g/mol. The van der Waals surface area contributed by atoms with Gasteiger partial charge in [-0.25, -0.2) is 0 Å². The molecular formula is C13H22O6. The van der Waals surface area contributed by atoms with Gasteiger partial charge in [0.15, 0.2) is 17.9 Å². The van der Waals surface area contributed by atoms with Crippen LogP contribution in [0.5, 0.6) is 0 Å². The van der Waals surface area contributed by atoms with E-state index in [-0.39, 0.29) is 24.4 Å². The van der Waals surface area contributed by atoms with Crippen LogP contribution in [0.15, 0.2) is 0 Å². The van der Waals surface area contributed by atoms with Gasteiger partial charge in [0.2, 0.25) is 0 Å². The van der Waals surface area contributed by atoms with Gasteiger partial charge >= 0.3 is 0 Å². The van der Waals surface area contributed by atoms with Crippen LogP contribution in [0, 0.1) is 0 Å². The molecule has 3 aliphatic heterocycles. The van der Waals surface area contributed by atoms with E-state index >= 15 is 0 Å². The molecule has 0 amide bonds. The van der Waals surface area contributed by atoms with Gasteiger partial charge in [-0.05, 0) is 27.7 Å². The number of ether oxygens (including phenoxy) is 6. The Morgan fingerprint density at radius 1 is 0.947 bits per heavy atom. The van der Waals surface area contributed by atoms with Crippen molar-refractivity contribution in [3.8, 4) is 0 Å². The highest BCUT2D eigenvalue weighted by molar-refractivity contribution is 4.98. The average Bonchev–Trinajstić information content (AvgIpc) is 2.87. The maximum Gasteiger partial charge on any atom is 0.190 e. The summed E-state index contributed by atoms with van der Waals surface area (Å²) in [6, 6.07) is 0. The van der Waals surface area contributed by atoms with Crippen molar-refractivity contribution in [2.75, 3.05) is 13.7 Å². The maximum atomic E-state index is 5.92. The molecule has 0 unspecified atom stereocenters.